The Kier molecular flexibility index (Phi) is 4.39. The van der Waals surface area contributed by atoms with Crippen LogP contribution < -0.4 is 5.46 Å². The molecule has 0 aromatic carbocycles. The second kappa shape index (κ2) is 5.77. The van der Waals surface area contributed by atoms with Crippen LogP contribution in [0.3, 0.4) is 0 Å². The lowest BCUT2D eigenvalue weighted by Crippen LogP contribution is -2.41. The summed E-state index contributed by atoms with van der Waals surface area (Å²) in [6, 6.07) is 3.68. The highest BCUT2D eigenvalue weighted by atomic mass is 16.7. The molecule has 114 valence electrons. The summed E-state index contributed by atoms with van der Waals surface area (Å²) in [6.45, 7) is 10.2. The predicted octanol–water partition coefficient (Wildman–Crippen LogP) is 1.49. The van der Waals surface area contributed by atoms with Crippen molar-refractivity contribution >= 4 is 18.6 Å². The zero-order valence-electron chi connectivity index (χ0n) is 13.3. The van der Waals surface area contributed by atoms with Crippen LogP contribution in [0.4, 0.5) is 0 Å². The van der Waals surface area contributed by atoms with E-state index >= 15 is 0 Å². The maximum atomic E-state index is 11.4. The van der Waals surface area contributed by atoms with Crippen molar-refractivity contribution in [2.24, 2.45) is 0 Å². The maximum Gasteiger partial charge on any atom is 0.496 e. The third kappa shape index (κ3) is 3.44. The van der Waals surface area contributed by atoms with E-state index in [1.54, 1.807) is 19.2 Å². The fourth-order valence-electron chi connectivity index (χ4n) is 2.02. The number of pyridine rings is 1. The monoisotopic (exact) mass is 291 g/mol. The van der Waals surface area contributed by atoms with Crippen LogP contribution in [0.25, 0.3) is 0 Å². The van der Waals surface area contributed by atoms with E-state index in [1.807, 2.05) is 33.8 Å². The first-order valence-corrected chi connectivity index (χ1v) is 7.21. The van der Waals surface area contributed by atoms with Gasteiger partial charge in [0.1, 0.15) is 0 Å². The van der Waals surface area contributed by atoms with Gasteiger partial charge in [0.25, 0.3) is 0 Å². The zero-order valence-corrected chi connectivity index (χ0v) is 13.3. The molecule has 6 heteroatoms. The molecule has 0 radical (unpaired) electrons. The highest BCUT2D eigenvalue weighted by molar-refractivity contribution is 6.62. The molecule has 21 heavy (non-hydrogen) atoms. The van der Waals surface area contributed by atoms with E-state index < -0.39 is 7.12 Å². The summed E-state index contributed by atoms with van der Waals surface area (Å²) in [5.41, 5.74) is 0.776. The number of aromatic nitrogens is 1. The molecule has 0 spiro atoms. The molecule has 0 aliphatic carbocycles. The van der Waals surface area contributed by atoms with Gasteiger partial charge in [-0.15, -0.1) is 0 Å². The molecule has 1 saturated heterocycles. The lowest BCUT2D eigenvalue weighted by molar-refractivity contribution is -0.142. The second-order valence-corrected chi connectivity index (χ2v) is 6.15. The molecule has 1 aromatic rings. The van der Waals surface area contributed by atoms with E-state index in [0.29, 0.717) is 12.3 Å². The van der Waals surface area contributed by atoms with Gasteiger partial charge in [-0.3, -0.25) is 9.78 Å². The molecular formula is C15H22BNO4. The van der Waals surface area contributed by atoms with E-state index in [-0.39, 0.29) is 23.6 Å². The molecule has 1 fully saturated rings. The van der Waals surface area contributed by atoms with E-state index in [0.717, 1.165) is 5.46 Å². The number of carbonyl (C=O) groups is 1. The van der Waals surface area contributed by atoms with Crippen molar-refractivity contribution in [3.05, 3.63) is 24.0 Å². The standard InChI is InChI=1S/C15H22BNO4/c1-6-19-13(18)9-12-8-7-11(10-17-12)16-20-14(2,3)15(4,5)21-16/h7-8,10H,6,9H2,1-5H3. The third-order valence-electron chi connectivity index (χ3n) is 4.00. The predicted molar refractivity (Wildman–Crippen MR) is 80.3 cm³/mol. The summed E-state index contributed by atoms with van der Waals surface area (Å²) in [4.78, 5) is 15.7. The van der Waals surface area contributed by atoms with Crippen LogP contribution in [0.1, 0.15) is 40.3 Å². The van der Waals surface area contributed by atoms with Crippen molar-refractivity contribution in [3.63, 3.8) is 0 Å². The fourth-order valence-corrected chi connectivity index (χ4v) is 2.02. The number of ether oxygens (including phenoxy) is 1. The summed E-state index contributed by atoms with van der Waals surface area (Å²) in [7, 11) is -0.431. The fraction of sp³-hybridized carbons (Fsp3) is 0.600. The molecule has 0 amide bonds. The van der Waals surface area contributed by atoms with E-state index in [9.17, 15) is 4.79 Å². The van der Waals surface area contributed by atoms with E-state index in [4.69, 9.17) is 14.0 Å². The Morgan fingerprint density at radius 2 is 1.86 bits per heavy atom. The highest BCUT2D eigenvalue weighted by Crippen LogP contribution is 2.36. The minimum Gasteiger partial charge on any atom is -0.466 e. The lowest BCUT2D eigenvalue weighted by atomic mass is 9.80. The third-order valence-corrected chi connectivity index (χ3v) is 4.00. The average Bonchev–Trinajstić information content (AvgIpc) is 2.59. The van der Waals surface area contributed by atoms with Gasteiger partial charge < -0.3 is 14.0 Å². The summed E-state index contributed by atoms with van der Waals surface area (Å²) in [6.07, 6.45) is 1.87. The number of esters is 1. The van der Waals surface area contributed by atoms with Crippen molar-refractivity contribution in [2.45, 2.75) is 52.2 Å². The second-order valence-electron chi connectivity index (χ2n) is 6.15. The molecule has 0 atom stereocenters. The van der Waals surface area contributed by atoms with Crippen LogP contribution in [0, 0.1) is 0 Å². The molecule has 0 saturated carbocycles. The molecule has 5 nitrogen and oxygen atoms in total. The molecule has 0 bridgehead atoms. The molecule has 0 unspecified atom stereocenters. The summed E-state index contributed by atoms with van der Waals surface area (Å²) < 4.78 is 16.8. The number of carbonyl (C=O) groups excluding carboxylic acids is 1. The molecule has 0 N–H and O–H groups in total. The van der Waals surface area contributed by atoms with Gasteiger partial charge in [-0.1, -0.05) is 6.07 Å². The quantitative estimate of drug-likeness (QED) is 0.621. The Hall–Kier alpha value is -1.40. The first kappa shape index (κ1) is 16.0. The molecule has 2 rings (SSSR count). The molecule has 2 heterocycles. The maximum absolute atomic E-state index is 11.4. The van der Waals surface area contributed by atoms with Crippen LogP contribution in [0.5, 0.6) is 0 Å². The van der Waals surface area contributed by atoms with E-state index in [1.165, 1.54) is 0 Å². The van der Waals surface area contributed by atoms with Crippen molar-refractivity contribution in [1.29, 1.82) is 0 Å². The Morgan fingerprint density at radius 3 is 2.33 bits per heavy atom. The number of hydrogen-bond acceptors (Lipinski definition) is 5. The minimum atomic E-state index is -0.431. The molecule has 1 aliphatic rings. The molecular weight excluding hydrogens is 269 g/mol. The number of hydrogen-bond donors (Lipinski definition) is 0. The van der Waals surface area contributed by atoms with Gasteiger partial charge >= 0.3 is 13.1 Å². The van der Waals surface area contributed by atoms with Crippen LogP contribution in [0.15, 0.2) is 18.3 Å². The van der Waals surface area contributed by atoms with Crippen molar-refractivity contribution in [2.75, 3.05) is 6.61 Å². The molecule has 1 aromatic heterocycles. The number of nitrogens with zero attached hydrogens (tertiary/aromatic N) is 1. The summed E-state index contributed by atoms with van der Waals surface area (Å²) in [5.74, 6) is -0.270. The zero-order chi connectivity index (χ0) is 15.7. The summed E-state index contributed by atoms with van der Waals surface area (Å²) in [5, 5.41) is 0. The Morgan fingerprint density at radius 1 is 1.24 bits per heavy atom. The SMILES string of the molecule is CCOC(=O)Cc1ccc(B2OC(C)(C)C(C)(C)O2)cn1. The average molecular weight is 291 g/mol. The van der Waals surface area contributed by atoms with Crippen LogP contribution in [-0.2, 0) is 25.3 Å². The molecule has 1 aliphatic heterocycles. The van der Waals surface area contributed by atoms with Gasteiger partial charge in [0.05, 0.1) is 29.9 Å². The van der Waals surface area contributed by atoms with Crippen molar-refractivity contribution in [1.82, 2.24) is 4.98 Å². The minimum absolute atomic E-state index is 0.178. The summed E-state index contributed by atoms with van der Waals surface area (Å²) >= 11 is 0. The van der Waals surface area contributed by atoms with Crippen LogP contribution >= 0.6 is 0 Å². The van der Waals surface area contributed by atoms with Crippen molar-refractivity contribution < 1.29 is 18.8 Å². The van der Waals surface area contributed by atoms with Crippen LogP contribution in [-0.4, -0.2) is 35.9 Å². The van der Waals surface area contributed by atoms with Crippen molar-refractivity contribution in [3.8, 4) is 0 Å². The van der Waals surface area contributed by atoms with E-state index in [2.05, 4.69) is 4.98 Å². The van der Waals surface area contributed by atoms with Gasteiger partial charge in [0.15, 0.2) is 0 Å². The lowest BCUT2D eigenvalue weighted by Gasteiger charge is -2.32. The smallest absolute Gasteiger partial charge is 0.466 e. The largest absolute Gasteiger partial charge is 0.496 e. The Labute approximate surface area is 126 Å². The Balaban J connectivity index is 2.05. The van der Waals surface area contributed by atoms with Gasteiger partial charge in [0, 0.05) is 11.7 Å². The first-order valence-electron chi connectivity index (χ1n) is 7.21. The normalized spacial score (nSPS) is 19.6. The number of rotatable bonds is 4. The first-order chi connectivity index (χ1) is 9.75. The van der Waals surface area contributed by atoms with Gasteiger partial charge in [-0.25, -0.2) is 0 Å². The van der Waals surface area contributed by atoms with Crippen LogP contribution in [0.2, 0.25) is 0 Å². The van der Waals surface area contributed by atoms with Gasteiger partial charge in [0.2, 0.25) is 0 Å². The van der Waals surface area contributed by atoms with Gasteiger partial charge in [-0.2, -0.15) is 0 Å². The topological polar surface area (TPSA) is 57.7 Å². The van der Waals surface area contributed by atoms with Gasteiger partial charge in [-0.05, 0) is 40.7 Å². The Bertz CT molecular complexity index is 497. The highest BCUT2D eigenvalue weighted by Gasteiger charge is 2.51.